The molecule has 1 aromatic carbocycles. The van der Waals surface area contributed by atoms with Crippen LogP contribution in [0.25, 0.3) is 0 Å². The van der Waals surface area contributed by atoms with Gasteiger partial charge in [0, 0.05) is 0 Å². The number of amidine groups is 1. The van der Waals surface area contributed by atoms with Crippen molar-refractivity contribution in [2.75, 3.05) is 0 Å². The first-order chi connectivity index (χ1) is 12.3. The zero-order valence-corrected chi connectivity index (χ0v) is 14.2. The van der Waals surface area contributed by atoms with Gasteiger partial charge in [-0.15, -0.1) is 0 Å². The second-order valence-corrected chi connectivity index (χ2v) is 6.03. The van der Waals surface area contributed by atoms with Crippen molar-refractivity contribution in [2.24, 2.45) is 16.8 Å². The lowest BCUT2D eigenvalue weighted by molar-refractivity contribution is -0.173. The zero-order chi connectivity index (χ0) is 21.0. The minimum absolute atomic E-state index is 0.348. The summed E-state index contributed by atoms with van der Waals surface area (Å²) in [4.78, 5) is 3.74. The van der Waals surface area contributed by atoms with E-state index in [1.807, 2.05) is 0 Å². The maximum absolute atomic E-state index is 13.0. The summed E-state index contributed by atoms with van der Waals surface area (Å²) >= 11 is 0. The highest BCUT2D eigenvalue weighted by atomic mass is 19.4. The van der Waals surface area contributed by atoms with Crippen molar-refractivity contribution >= 4 is 11.5 Å². The SMILES string of the molecule is CC(CC(C)(NN)C(=Nc1ccc(C#N)c(C(F)(F)F)c1)NO)C(F)(F)F. The standard InChI is InChI=1S/C15H17F6N5O/c1-8(14(16,17)18)6-13(2,26-23)12(25-27)24-10-4-3-9(7-22)11(5-10)15(19,20)21/h3-5,8,26-27H,6,23H2,1-2H3,(H,24,25). The van der Waals surface area contributed by atoms with Crippen LogP contribution in [0.2, 0.25) is 0 Å². The molecule has 5 N–H and O–H groups in total. The molecule has 0 saturated carbocycles. The minimum Gasteiger partial charge on any atom is -0.290 e. The molecule has 0 spiro atoms. The quantitative estimate of drug-likeness (QED) is 0.200. The lowest BCUT2D eigenvalue weighted by Gasteiger charge is -2.32. The number of alkyl halides is 6. The normalized spacial score (nSPS) is 16.4. The monoisotopic (exact) mass is 397 g/mol. The predicted octanol–water partition coefficient (Wildman–Crippen LogP) is 3.40. The third-order valence-corrected chi connectivity index (χ3v) is 3.89. The molecule has 0 aliphatic heterocycles. The summed E-state index contributed by atoms with van der Waals surface area (Å²) < 4.78 is 77.5. The van der Waals surface area contributed by atoms with Crippen molar-refractivity contribution in [3.05, 3.63) is 29.3 Å². The Bertz CT molecular complexity index is 740. The van der Waals surface area contributed by atoms with Gasteiger partial charge in [0.1, 0.15) is 5.84 Å². The van der Waals surface area contributed by atoms with E-state index in [0.29, 0.717) is 6.07 Å². The Morgan fingerprint density at radius 3 is 2.30 bits per heavy atom. The molecular formula is C15H17F6N5O. The van der Waals surface area contributed by atoms with E-state index in [-0.39, 0.29) is 5.69 Å². The van der Waals surface area contributed by atoms with Gasteiger partial charge in [-0.25, -0.2) is 10.4 Å². The highest BCUT2D eigenvalue weighted by molar-refractivity contribution is 5.92. The third-order valence-electron chi connectivity index (χ3n) is 3.89. The number of benzene rings is 1. The number of nitriles is 1. The molecule has 2 atom stereocenters. The predicted molar refractivity (Wildman–Crippen MR) is 83.7 cm³/mol. The maximum Gasteiger partial charge on any atom is 0.417 e. The van der Waals surface area contributed by atoms with Crippen LogP contribution in [0.5, 0.6) is 0 Å². The number of nitrogens with one attached hydrogen (secondary N) is 2. The molecule has 0 aliphatic carbocycles. The van der Waals surface area contributed by atoms with Crippen molar-refractivity contribution in [2.45, 2.75) is 38.2 Å². The van der Waals surface area contributed by atoms with Crippen molar-refractivity contribution in [3.8, 4) is 6.07 Å². The van der Waals surface area contributed by atoms with E-state index >= 15 is 0 Å². The van der Waals surface area contributed by atoms with Gasteiger partial charge in [0.15, 0.2) is 0 Å². The first kappa shape index (κ1) is 22.7. The van der Waals surface area contributed by atoms with Crippen LogP contribution in [-0.2, 0) is 6.18 Å². The summed E-state index contributed by atoms with van der Waals surface area (Å²) in [5.74, 6) is 2.91. The number of halogens is 6. The number of hydrazine groups is 1. The van der Waals surface area contributed by atoms with E-state index < -0.39 is 47.2 Å². The van der Waals surface area contributed by atoms with Crippen LogP contribution in [0, 0.1) is 17.2 Å². The number of hydroxylamine groups is 1. The van der Waals surface area contributed by atoms with E-state index in [1.54, 1.807) is 5.48 Å². The number of aliphatic imine (C=N–C) groups is 1. The molecule has 1 rings (SSSR count). The van der Waals surface area contributed by atoms with Gasteiger partial charge in [0.25, 0.3) is 0 Å². The van der Waals surface area contributed by atoms with Gasteiger partial charge in [-0.05, 0) is 31.5 Å². The van der Waals surface area contributed by atoms with Gasteiger partial charge in [-0.2, -0.15) is 31.6 Å². The van der Waals surface area contributed by atoms with E-state index in [1.165, 1.54) is 13.0 Å². The topological polar surface area (TPSA) is 106 Å². The van der Waals surface area contributed by atoms with Crippen molar-refractivity contribution < 1.29 is 31.5 Å². The molecule has 1 aromatic rings. The summed E-state index contributed by atoms with van der Waals surface area (Å²) in [6.45, 7) is 2.07. The fraction of sp³-hybridized carbons (Fsp3) is 0.467. The fourth-order valence-corrected chi connectivity index (χ4v) is 2.29. The van der Waals surface area contributed by atoms with Crippen LogP contribution in [0.4, 0.5) is 32.0 Å². The third kappa shape index (κ3) is 5.56. The Balaban J connectivity index is 3.38. The van der Waals surface area contributed by atoms with Crippen molar-refractivity contribution in [3.63, 3.8) is 0 Å². The smallest absolute Gasteiger partial charge is 0.290 e. The molecule has 27 heavy (non-hydrogen) atoms. The van der Waals surface area contributed by atoms with Gasteiger partial charge in [-0.1, -0.05) is 6.92 Å². The van der Waals surface area contributed by atoms with Crippen LogP contribution >= 0.6 is 0 Å². The van der Waals surface area contributed by atoms with Crippen LogP contribution < -0.4 is 16.7 Å². The van der Waals surface area contributed by atoms with Crippen molar-refractivity contribution in [1.29, 1.82) is 5.26 Å². The highest BCUT2D eigenvalue weighted by Gasteiger charge is 2.43. The Kier molecular flexibility index (Phi) is 6.82. The molecule has 2 unspecified atom stereocenters. The van der Waals surface area contributed by atoms with Crippen LogP contribution in [0.15, 0.2) is 23.2 Å². The Hall–Kier alpha value is -2.36. The molecule has 0 radical (unpaired) electrons. The Morgan fingerprint density at radius 1 is 1.30 bits per heavy atom. The number of nitrogens with two attached hydrogens (primary N) is 1. The minimum atomic E-state index is -4.84. The van der Waals surface area contributed by atoms with Gasteiger partial charge in [0.05, 0.1) is 34.3 Å². The number of hydrogen-bond donors (Lipinski definition) is 4. The molecule has 0 aromatic heterocycles. The molecule has 6 nitrogen and oxygen atoms in total. The number of hydrogen-bond acceptors (Lipinski definition) is 5. The number of nitrogens with zero attached hydrogens (tertiary/aromatic N) is 2. The molecule has 0 aliphatic rings. The Labute approximate surface area is 150 Å². The van der Waals surface area contributed by atoms with E-state index in [9.17, 15) is 31.5 Å². The molecule has 0 amide bonds. The second-order valence-electron chi connectivity index (χ2n) is 6.03. The molecule has 0 fully saturated rings. The van der Waals surface area contributed by atoms with Gasteiger partial charge >= 0.3 is 12.4 Å². The van der Waals surface area contributed by atoms with Gasteiger partial charge in [-0.3, -0.25) is 16.5 Å². The van der Waals surface area contributed by atoms with Gasteiger partial charge in [0.2, 0.25) is 0 Å². The van der Waals surface area contributed by atoms with E-state index in [4.69, 9.17) is 11.1 Å². The maximum atomic E-state index is 13.0. The molecule has 0 bridgehead atoms. The average Bonchev–Trinajstić information content (AvgIpc) is 2.57. The van der Waals surface area contributed by atoms with E-state index in [2.05, 4.69) is 10.4 Å². The lowest BCUT2D eigenvalue weighted by Crippen LogP contribution is -2.58. The Morgan fingerprint density at radius 2 is 1.89 bits per heavy atom. The fourth-order valence-electron chi connectivity index (χ4n) is 2.29. The van der Waals surface area contributed by atoms with Gasteiger partial charge < -0.3 is 0 Å². The van der Waals surface area contributed by atoms with Crippen molar-refractivity contribution in [1.82, 2.24) is 10.9 Å². The molecular weight excluding hydrogens is 380 g/mol. The largest absolute Gasteiger partial charge is 0.417 e. The summed E-state index contributed by atoms with van der Waals surface area (Å²) in [6, 6.07) is 3.85. The van der Waals surface area contributed by atoms with Crippen LogP contribution in [-0.4, -0.2) is 22.8 Å². The number of rotatable bonds is 5. The highest BCUT2D eigenvalue weighted by Crippen LogP contribution is 2.35. The molecule has 12 heteroatoms. The molecule has 0 heterocycles. The van der Waals surface area contributed by atoms with Crippen LogP contribution in [0.3, 0.4) is 0 Å². The summed E-state index contributed by atoms with van der Waals surface area (Å²) in [6.07, 6.45) is -10.1. The lowest BCUT2D eigenvalue weighted by atomic mass is 9.88. The molecule has 0 saturated heterocycles. The second kappa shape index (κ2) is 8.12. The summed E-state index contributed by atoms with van der Waals surface area (Å²) in [7, 11) is 0. The molecule has 150 valence electrons. The van der Waals surface area contributed by atoms with Crippen LogP contribution in [0.1, 0.15) is 31.4 Å². The van der Waals surface area contributed by atoms with E-state index in [0.717, 1.165) is 19.1 Å². The zero-order valence-electron chi connectivity index (χ0n) is 14.2. The summed E-state index contributed by atoms with van der Waals surface area (Å²) in [5.41, 5.74) is -0.333. The summed E-state index contributed by atoms with van der Waals surface area (Å²) in [5, 5.41) is 18.0. The first-order valence-corrected chi connectivity index (χ1v) is 7.43. The average molecular weight is 397 g/mol. The first-order valence-electron chi connectivity index (χ1n) is 7.43.